The Bertz CT molecular complexity index is 692. The van der Waals surface area contributed by atoms with Crippen LogP contribution in [0.4, 0.5) is 0 Å². The first-order chi connectivity index (χ1) is 9.86. The predicted octanol–water partition coefficient (Wildman–Crippen LogP) is 3.73. The van der Waals surface area contributed by atoms with E-state index in [9.17, 15) is 4.79 Å². The number of aromatic nitrogens is 2. The molecule has 0 aliphatic carbocycles. The first kappa shape index (κ1) is 15.6. The molecule has 0 spiro atoms. The van der Waals surface area contributed by atoms with Crippen molar-refractivity contribution in [2.24, 2.45) is 0 Å². The summed E-state index contributed by atoms with van der Waals surface area (Å²) in [4.78, 5) is 11.8. The number of carbonyl (C=O) groups excluding carboxylic acids is 1. The van der Waals surface area contributed by atoms with E-state index in [4.69, 9.17) is 16.3 Å². The van der Waals surface area contributed by atoms with Gasteiger partial charge >= 0.3 is 5.97 Å². The molecule has 1 heterocycles. The van der Waals surface area contributed by atoms with Crippen molar-refractivity contribution in [2.45, 2.75) is 33.6 Å². The summed E-state index contributed by atoms with van der Waals surface area (Å²) < 4.78 is 6.64. The molecule has 21 heavy (non-hydrogen) atoms. The molecule has 0 saturated carbocycles. The van der Waals surface area contributed by atoms with Crippen LogP contribution in [0.2, 0.25) is 5.02 Å². The molecule has 0 bridgehead atoms. The zero-order valence-electron chi connectivity index (χ0n) is 12.9. The van der Waals surface area contributed by atoms with Crippen LogP contribution in [0.25, 0.3) is 5.69 Å². The number of halogens is 1. The molecule has 1 aromatic carbocycles. The lowest BCUT2D eigenvalue weighted by atomic mass is 9.99. The zero-order valence-corrected chi connectivity index (χ0v) is 13.7. The number of carbonyl (C=O) groups is 1. The first-order valence-corrected chi connectivity index (χ1v) is 7.15. The molecule has 1 atom stereocenters. The number of nitrogens with zero attached hydrogens (tertiary/aromatic N) is 2. The number of aryl methyl sites for hydroxylation is 2. The fourth-order valence-electron chi connectivity index (χ4n) is 2.54. The van der Waals surface area contributed by atoms with Gasteiger partial charge in [0.25, 0.3) is 0 Å². The second-order valence-corrected chi connectivity index (χ2v) is 5.58. The van der Waals surface area contributed by atoms with Gasteiger partial charge < -0.3 is 4.74 Å². The summed E-state index contributed by atoms with van der Waals surface area (Å²) in [7, 11) is 1.40. The highest BCUT2D eigenvalue weighted by atomic mass is 35.5. The molecule has 5 heteroatoms. The summed E-state index contributed by atoms with van der Waals surface area (Å²) in [5.74, 6) is -0.604. The molecule has 0 aliphatic heterocycles. The Morgan fingerprint density at radius 3 is 2.57 bits per heavy atom. The standard InChI is InChI=1S/C16H19ClN2O2/c1-9-6-7-13(8-14(9)17)19-12(4)15(11(3)18-19)10(2)16(20)21-5/h6-8,10H,1-5H3. The average Bonchev–Trinajstić information content (AvgIpc) is 2.75. The van der Waals surface area contributed by atoms with Crippen molar-refractivity contribution in [3.63, 3.8) is 0 Å². The van der Waals surface area contributed by atoms with Gasteiger partial charge in [-0.1, -0.05) is 17.7 Å². The van der Waals surface area contributed by atoms with E-state index in [0.717, 1.165) is 28.2 Å². The molecule has 4 nitrogen and oxygen atoms in total. The highest BCUT2D eigenvalue weighted by molar-refractivity contribution is 6.31. The maximum absolute atomic E-state index is 11.8. The summed E-state index contributed by atoms with van der Waals surface area (Å²) in [6, 6.07) is 5.80. The number of hydrogen-bond donors (Lipinski definition) is 0. The van der Waals surface area contributed by atoms with Crippen molar-refractivity contribution < 1.29 is 9.53 Å². The summed E-state index contributed by atoms with van der Waals surface area (Å²) in [5, 5.41) is 5.24. The predicted molar refractivity (Wildman–Crippen MR) is 83.2 cm³/mol. The molecule has 2 rings (SSSR count). The van der Waals surface area contributed by atoms with E-state index in [0.29, 0.717) is 5.02 Å². The van der Waals surface area contributed by atoms with Crippen LogP contribution < -0.4 is 0 Å². The van der Waals surface area contributed by atoms with Crippen LogP contribution >= 0.6 is 11.6 Å². The second kappa shape index (κ2) is 5.90. The van der Waals surface area contributed by atoms with E-state index in [-0.39, 0.29) is 11.9 Å². The van der Waals surface area contributed by atoms with Crippen LogP contribution in [0.15, 0.2) is 18.2 Å². The van der Waals surface area contributed by atoms with Crippen LogP contribution in [0, 0.1) is 20.8 Å². The van der Waals surface area contributed by atoms with E-state index < -0.39 is 0 Å². The van der Waals surface area contributed by atoms with Gasteiger partial charge in [-0.3, -0.25) is 4.79 Å². The lowest BCUT2D eigenvalue weighted by Crippen LogP contribution is -2.12. The van der Waals surface area contributed by atoms with Crippen LogP contribution in [-0.2, 0) is 9.53 Å². The van der Waals surface area contributed by atoms with E-state index in [1.807, 2.05) is 50.6 Å². The van der Waals surface area contributed by atoms with E-state index in [1.54, 1.807) is 0 Å². The minimum absolute atomic E-state index is 0.261. The van der Waals surface area contributed by atoms with Crippen LogP contribution in [0.5, 0.6) is 0 Å². The fourth-order valence-corrected chi connectivity index (χ4v) is 2.72. The molecule has 1 unspecified atom stereocenters. The Morgan fingerprint density at radius 1 is 1.33 bits per heavy atom. The normalized spacial score (nSPS) is 12.3. The van der Waals surface area contributed by atoms with E-state index >= 15 is 0 Å². The third kappa shape index (κ3) is 2.81. The number of benzene rings is 1. The monoisotopic (exact) mass is 306 g/mol. The summed E-state index contributed by atoms with van der Waals surface area (Å²) in [5.41, 5.74) is 4.55. The maximum atomic E-state index is 11.8. The van der Waals surface area contributed by atoms with Gasteiger partial charge in [-0.05, 0) is 45.4 Å². The smallest absolute Gasteiger partial charge is 0.312 e. The topological polar surface area (TPSA) is 44.1 Å². The van der Waals surface area contributed by atoms with Gasteiger partial charge in [0.15, 0.2) is 0 Å². The molecule has 0 fully saturated rings. The van der Waals surface area contributed by atoms with E-state index in [1.165, 1.54) is 7.11 Å². The van der Waals surface area contributed by atoms with Gasteiger partial charge in [0, 0.05) is 16.3 Å². The van der Waals surface area contributed by atoms with Gasteiger partial charge in [0.1, 0.15) is 0 Å². The SMILES string of the molecule is COC(=O)C(C)c1c(C)nn(-c2ccc(C)c(Cl)c2)c1C. The molecule has 0 amide bonds. The Balaban J connectivity index is 2.52. The summed E-state index contributed by atoms with van der Waals surface area (Å²) >= 11 is 6.18. The lowest BCUT2D eigenvalue weighted by Gasteiger charge is -2.11. The summed E-state index contributed by atoms with van der Waals surface area (Å²) in [6.07, 6.45) is 0. The van der Waals surface area contributed by atoms with Crippen LogP contribution in [-0.4, -0.2) is 22.9 Å². The Kier molecular flexibility index (Phi) is 4.37. The fraction of sp³-hybridized carbons (Fsp3) is 0.375. The van der Waals surface area contributed by atoms with Crippen molar-refractivity contribution in [3.8, 4) is 5.69 Å². The van der Waals surface area contributed by atoms with Crippen molar-refractivity contribution >= 4 is 17.6 Å². The maximum Gasteiger partial charge on any atom is 0.312 e. The minimum Gasteiger partial charge on any atom is -0.469 e. The third-order valence-corrected chi connectivity index (χ3v) is 4.14. The average molecular weight is 307 g/mol. The number of methoxy groups -OCH3 is 1. The highest BCUT2D eigenvalue weighted by Gasteiger charge is 2.24. The second-order valence-electron chi connectivity index (χ2n) is 5.17. The van der Waals surface area contributed by atoms with Crippen LogP contribution in [0.1, 0.15) is 35.4 Å². The van der Waals surface area contributed by atoms with Crippen molar-refractivity contribution in [1.82, 2.24) is 9.78 Å². The third-order valence-electron chi connectivity index (χ3n) is 3.74. The quantitative estimate of drug-likeness (QED) is 0.812. The number of rotatable bonds is 3. The molecular weight excluding hydrogens is 288 g/mol. The van der Waals surface area contributed by atoms with Crippen LogP contribution in [0.3, 0.4) is 0 Å². The van der Waals surface area contributed by atoms with Gasteiger partial charge in [0.2, 0.25) is 0 Å². The van der Waals surface area contributed by atoms with E-state index in [2.05, 4.69) is 5.10 Å². The molecule has 1 aromatic heterocycles. The van der Waals surface area contributed by atoms with Crippen molar-refractivity contribution in [1.29, 1.82) is 0 Å². The first-order valence-electron chi connectivity index (χ1n) is 6.77. The minimum atomic E-state index is -0.343. The Labute approximate surface area is 129 Å². The van der Waals surface area contributed by atoms with Gasteiger partial charge in [-0.25, -0.2) is 4.68 Å². The number of ether oxygens (including phenoxy) is 1. The van der Waals surface area contributed by atoms with Crippen molar-refractivity contribution in [2.75, 3.05) is 7.11 Å². The zero-order chi connectivity index (χ0) is 15.7. The van der Waals surface area contributed by atoms with Gasteiger partial charge in [-0.15, -0.1) is 0 Å². The molecule has 2 aromatic rings. The molecule has 0 saturated heterocycles. The number of hydrogen-bond acceptors (Lipinski definition) is 3. The largest absolute Gasteiger partial charge is 0.469 e. The van der Waals surface area contributed by atoms with Crippen molar-refractivity contribution in [3.05, 3.63) is 45.7 Å². The highest BCUT2D eigenvalue weighted by Crippen LogP contribution is 2.27. The molecule has 0 N–H and O–H groups in total. The molecule has 0 radical (unpaired) electrons. The molecule has 112 valence electrons. The Hall–Kier alpha value is -1.81. The number of esters is 1. The molecular formula is C16H19ClN2O2. The van der Waals surface area contributed by atoms with Gasteiger partial charge in [0.05, 0.1) is 24.4 Å². The lowest BCUT2D eigenvalue weighted by molar-refractivity contribution is -0.142. The Morgan fingerprint density at radius 2 is 2.00 bits per heavy atom. The summed E-state index contributed by atoms with van der Waals surface area (Å²) in [6.45, 7) is 7.63. The van der Waals surface area contributed by atoms with Gasteiger partial charge in [-0.2, -0.15) is 5.10 Å². The molecule has 0 aliphatic rings.